The SMILES string of the molecule is CNC(=O)CCN(C)c1ccc(C)cc1CNCCOC. The molecule has 5 heteroatoms. The third-order valence-corrected chi connectivity index (χ3v) is 3.40. The number of carbonyl (C=O) groups excluding carboxylic acids is 1. The summed E-state index contributed by atoms with van der Waals surface area (Å²) in [6, 6.07) is 6.41. The molecule has 21 heavy (non-hydrogen) atoms. The fraction of sp³-hybridized carbons (Fsp3) is 0.562. The zero-order valence-corrected chi connectivity index (χ0v) is 13.5. The second-order valence-electron chi connectivity index (χ2n) is 5.15. The molecule has 0 spiro atoms. The van der Waals surface area contributed by atoms with E-state index < -0.39 is 0 Å². The first-order valence-electron chi connectivity index (χ1n) is 7.29. The second kappa shape index (κ2) is 9.37. The molecule has 0 aliphatic carbocycles. The lowest BCUT2D eigenvalue weighted by molar-refractivity contribution is -0.120. The van der Waals surface area contributed by atoms with Gasteiger partial charge in [-0.2, -0.15) is 0 Å². The van der Waals surface area contributed by atoms with E-state index in [-0.39, 0.29) is 5.91 Å². The lowest BCUT2D eigenvalue weighted by Gasteiger charge is -2.23. The number of rotatable bonds is 9. The largest absolute Gasteiger partial charge is 0.383 e. The monoisotopic (exact) mass is 293 g/mol. The molecule has 0 radical (unpaired) electrons. The molecule has 0 aliphatic rings. The van der Waals surface area contributed by atoms with Crippen molar-refractivity contribution in [3.63, 3.8) is 0 Å². The number of carbonyl (C=O) groups is 1. The zero-order valence-electron chi connectivity index (χ0n) is 13.5. The number of methoxy groups -OCH3 is 1. The Hall–Kier alpha value is -1.59. The Kier molecular flexibility index (Phi) is 7.79. The van der Waals surface area contributed by atoms with Crippen LogP contribution in [0.25, 0.3) is 0 Å². The van der Waals surface area contributed by atoms with E-state index in [0.29, 0.717) is 19.6 Å². The van der Waals surface area contributed by atoms with Crippen molar-refractivity contribution in [2.75, 3.05) is 45.8 Å². The molecule has 0 heterocycles. The molecule has 0 fully saturated rings. The van der Waals surface area contributed by atoms with Gasteiger partial charge in [-0.05, 0) is 18.6 Å². The maximum atomic E-state index is 11.4. The number of anilines is 1. The molecule has 1 rings (SSSR count). The van der Waals surface area contributed by atoms with Crippen molar-refractivity contribution in [2.24, 2.45) is 0 Å². The van der Waals surface area contributed by atoms with Crippen LogP contribution in [0, 0.1) is 6.92 Å². The first-order chi connectivity index (χ1) is 10.1. The molecular weight excluding hydrogens is 266 g/mol. The Morgan fingerprint density at radius 3 is 2.81 bits per heavy atom. The third-order valence-electron chi connectivity index (χ3n) is 3.40. The van der Waals surface area contributed by atoms with Crippen LogP contribution in [0.3, 0.4) is 0 Å². The molecule has 5 nitrogen and oxygen atoms in total. The molecule has 0 aromatic heterocycles. The summed E-state index contributed by atoms with van der Waals surface area (Å²) in [4.78, 5) is 13.5. The van der Waals surface area contributed by atoms with Gasteiger partial charge in [0.1, 0.15) is 0 Å². The number of nitrogens with one attached hydrogen (secondary N) is 2. The number of amides is 1. The predicted octanol–water partition coefficient (Wildman–Crippen LogP) is 1.30. The minimum atomic E-state index is 0.0636. The van der Waals surface area contributed by atoms with Gasteiger partial charge in [-0.1, -0.05) is 17.7 Å². The van der Waals surface area contributed by atoms with E-state index in [1.54, 1.807) is 14.2 Å². The minimum Gasteiger partial charge on any atom is -0.383 e. The molecule has 0 atom stereocenters. The Morgan fingerprint density at radius 2 is 2.14 bits per heavy atom. The van der Waals surface area contributed by atoms with Crippen molar-refractivity contribution in [1.82, 2.24) is 10.6 Å². The van der Waals surface area contributed by atoms with Crippen LogP contribution in [0.4, 0.5) is 5.69 Å². The van der Waals surface area contributed by atoms with E-state index in [2.05, 4.69) is 40.7 Å². The molecule has 0 saturated carbocycles. The molecule has 0 bridgehead atoms. The highest BCUT2D eigenvalue weighted by Crippen LogP contribution is 2.21. The van der Waals surface area contributed by atoms with Crippen LogP contribution in [0.5, 0.6) is 0 Å². The van der Waals surface area contributed by atoms with Gasteiger partial charge >= 0.3 is 0 Å². The van der Waals surface area contributed by atoms with Gasteiger partial charge in [0.15, 0.2) is 0 Å². The molecule has 1 amide bonds. The van der Waals surface area contributed by atoms with Crippen LogP contribution in [0.15, 0.2) is 18.2 Å². The summed E-state index contributed by atoms with van der Waals surface area (Å²) in [6.07, 6.45) is 0.497. The van der Waals surface area contributed by atoms with E-state index in [1.807, 2.05) is 7.05 Å². The Labute approximate surface area is 127 Å². The van der Waals surface area contributed by atoms with Gasteiger partial charge in [-0.25, -0.2) is 0 Å². The lowest BCUT2D eigenvalue weighted by atomic mass is 10.1. The maximum absolute atomic E-state index is 11.4. The van der Waals surface area contributed by atoms with Gasteiger partial charge in [0, 0.05) is 52.9 Å². The Bertz CT molecular complexity index is 449. The number of benzene rings is 1. The fourth-order valence-electron chi connectivity index (χ4n) is 2.14. The van der Waals surface area contributed by atoms with E-state index in [0.717, 1.165) is 18.8 Å². The number of aryl methyl sites for hydroxylation is 1. The molecule has 1 aromatic carbocycles. The number of hydrogen-bond donors (Lipinski definition) is 2. The molecule has 1 aromatic rings. The topological polar surface area (TPSA) is 53.6 Å². The Balaban J connectivity index is 2.68. The van der Waals surface area contributed by atoms with Crippen molar-refractivity contribution in [3.05, 3.63) is 29.3 Å². The van der Waals surface area contributed by atoms with Crippen molar-refractivity contribution in [3.8, 4) is 0 Å². The van der Waals surface area contributed by atoms with Crippen LogP contribution >= 0.6 is 0 Å². The molecule has 0 saturated heterocycles. The minimum absolute atomic E-state index is 0.0636. The highest BCUT2D eigenvalue weighted by molar-refractivity contribution is 5.76. The van der Waals surface area contributed by atoms with E-state index >= 15 is 0 Å². The molecular formula is C16H27N3O2. The van der Waals surface area contributed by atoms with Crippen molar-refractivity contribution in [2.45, 2.75) is 19.9 Å². The summed E-state index contributed by atoms with van der Waals surface area (Å²) >= 11 is 0. The summed E-state index contributed by atoms with van der Waals surface area (Å²) in [5.41, 5.74) is 3.64. The van der Waals surface area contributed by atoms with Gasteiger partial charge in [0.05, 0.1) is 6.61 Å². The van der Waals surface area contributed by atoms with Gasteiger partial charge in [0.25, 0.3) is 0 Å². The van der Waals surface area contributed by atoms with Crippen LogP contribution < -0.4 is 15.5 Å². The normalized spacial score (nSPS) is 10.5. The average Bonchev–Trinajstić information content (AvgIpc) is 2.49. The zero-order chi connectivity index (χ0) is 15.7. The van der Waals surface area contributed by atoms with Crippen LogP contribution in [0.2, 0.25) is 0 Å². The molecule has 0 aliphatic heterocycles. The Morgan fingerprint density at radius 1 is 1.38 bits per heavy atom. The van der Waals surface area contributed by atoms with E-state index in [9.17, 15) is 4.79 Å². The quantitative estimate of drug-likeness (QED) is 0.674. The number of nitrogens with zero attached hydrogens (tertiary/aromatic N) is 1. The molecule has 0 unspecified atom stereocenters. The smallest absolute Gasteiger partial charge is 0.221 e. The summed E-state index contributed by atoms with van der Waals surface area (Å²) < 4.78 is 5.04. The fourth-order valence-corrected chi connectivity index (χ4v) is 2.14. The first kappa shape index (κ1) is 17.5. The van der Waals surface area contributed by atoms with Crippen molar-refractivity contribution in [1.29, 1.82) is 0 Å². The van der Waals surface area contributed by atoms with Crippen LogP contribution in [-0.4, -0.2) is 46.8 Å². The van der Waals surface area contributed by atoms with Gasteiger partial charge in [-0.15, -0.1) is 0 Å². The number of ether oxygens (including phenoxy) is 1. The molecule has 2 N–H and O–H groups in total. The van der Waals surface area contributed by atoms with Crippen molar-refractivity contribution < 1.29 is 9.53 Å². The van der Waals surface area contributed by atoms with Gasteiger partial charge in [-0.3, -0.25) is 4.79 Å². The average molecular weight is 293 g/mol. The van der Waals surface area contributed by atoms with Crippen molar-refractivity contribution >= 4 is 11.6 Å². The highest BCUT2D eigenvalue weighted by Gasteiger charge is 2.09. The second-order valence-corrected chi connectivity index (χ2v) is 5.15. The third kappa shape index (κ3) is 6.14. The van der Waals surface area contributed by atoms with Crippen LogP contribution in [-0.2, 0) is 16.1 Å². The van der Waals surface area contributed by atoms with Gasteiger partial charge in [0.2, 0.25) is 5.91 Å². The summed E-state index contributed by atoms with van der Waals surface area (Å²) in [7, 11) is 5.39. The summed E-state index contributed by atoms with van der Waals surface area (Å²) in [5.74, 6) is 0.0636. The number of hydrogen-bond acceptors (Lipinski definition) is 4. The summed E-state index contributed by atoms with van der Waals surface area (Å²) in [5, 5.41) is 6.02. The molecule has 118 valence electrons. The lowest BCUT2D eigenvalue weighted by Crippen LogP contribution is -2.28. The highest BCUT2D eigenvalue weighted by atomic mass is 16.5. The van der Waals surface area contributed by atoms with Gasteiger partial charge < -0.3 is 20.3 Å². The van der Waals surface area contributed by atoms with Crippen LogP contribution in [0.1, 0.15) is 17.5 Å². The standard InChI is InChI=1S/C16H27N3O2/c1-13-5-6-15(19(3)9-7-16(20)17-2)14(11-13)12-18-8-10-21-4/h5-6,11,18H,7-10,12H2,1-4H3,(H,17,20). The first-order valence-corrected chi connectivity index (χ1v) is 7.29. The maximum Gasteiger partial charge on any atom is 0.221 e. The van der Waals surface area contributed by atoms with E-state index in [4.69, 9.17) is 4.74 Å². The van der Waals surface area contributed by atoms with E-state index in [1.165, 1.54) is 11.1 Å². The predicted molar refractivity (Wildman–Crippen MR) is 86.7 cm³/mol. The summed E-state index contributed by atoms with van der Waals surface area (Å²) in [6.45, 7) is 5.12.